The van der Waals surface area contributed by atoms with E-state index in [1.165, 1.54) is 6.92 Å². The van der Waals surface area contributed by atoms with Gasteiger partial charge in [0.05, 0.1) is 0 Å². The fraction of sp³-hybridized carbons (Fsp3) is 0.286. The monoisotopic (exact) mass is 473 g/mol. The first-order chi connectivity index (χ1) is 14.3. The van der Waals surface area contributed by atoms with Crippen molar-refractivity contribution in [2.24, 2.45) is 0 Å². The molecule has 0 saturated carbocycles. The Morgan fingerprint density at radius 1 is 1.23 bits per heavy atom. The summed E-state index contributed by atoms with van der Waals surface area (Å²) >= 11 is 3.43. The highest BCUT2D eigenvalue weighted by atomic mass is 79.9. The topological polar surface area (TPSA) is 97.0 Å². The number of nitrogens with one attached hydrogen (secondary N) is 2. The minimum atomic E-state index is -1.26. The van der Waals surface area contributed by atoms with Crippen molar-refractivity contribution in [3.05, 3.63) is 58.1 Å². The fourth-order valence-corrected chi connectivity index (χ4v) is 4.25. The van der Waals surface area contributed by atoms with Crippen LogP contribution < -0.4 is 20.1 Å². The van der Waals surface area contributed by atoms with Gasteiger partial charge in [-0.15, -0.1) is 0 Å². The molecule has 2 aliphatic heterocycles. The molecular weight excluding hydrogens is 454 g/mol. The van der Waals surface area contributed by atoms with Crippen molar-refractivity contribution in [3.63, 3.8) is 0 Å². The maximum Gasteiger partial charge on any atom is 0.326 e. The van der Waals surface area contributed by atoms with Gasteiger partial charge in [-0.3, -0.25) is 9.59 Å². The maximum absolute atomic E-state index is 13.1. The number of urea groups is 1. The van der Waals surface area contributed by atoms with E-state index in [9.17, 15) is 14.4 Å². The number of nitrogens with zero attached hydrogens (tertiary/aromatic N) is 1. The van der Waals surface area contributed by atoms with E-state index in [4.69, 9.17) is 9.47 Å². The molecule has 0 aromatic heterocycles. The molecule has 0 spiro atoms. The molecule has 9 heteroatoms. The number of benzene rings is 2. The Labute approximate surface area is 181 Å². The van der Waals surface area contributed by atoms with Crippen LogP contribution in [-0.2, 0) is 21.7 Å². The van der Waals surface area contributed by atoms with Crippen LogP contribution in [-0.4, -0.2) is 35.6 Å². The molecule has 2 aromatic carbocycles. The average Bonchev–Trinajstić information content (AvgIpc) is 3.28. The third-order valence-electron chi connectivity index (χ3n) is 5.31. The van der Waals surface area contributed by atoms with Gasteiger partial charge in [0.25, 0.3) is 5.91 Å². The number of carbonyl (C=O) groups excluding carboxylic acids is 3. The van der Waals surface area contributed by atoms with Gasteiger partial charge in [0.2, 0.25) is 12.7 Å². The quantitative estimate of drug-likeness (QED) is 0.650. The number of imide groups is 1. The number of hydrogen-bond acceptors (Lipinski definition) is 5. The molecule has 1 saturated heterocycles. The lowest BCUT2D eigenvalue weighted by Gasteiger charge is -2.25. The number of hydrogen-bond donors (Lipinski definition) is 2. The Morgan fingerprint density at radius 3 is 2.73 bits per heavy atom. The lowest BCUT2D eigenvalue weighted by molar-refractivity contribution is -0.137. The van der Waals surface area contributed by atoms with Crippen LogP contribution in [0.1, 0.15) is 25.0 Å². The molecule has 2 heterocycles. The van der Waals surface area contributed by atoms with E-state index < -0.39 is 29.4 Å². The lowest BCUT2D eigenvalue weighted by atomic mass is 9.92. The predicted octanol–water partition coefficient (Wildman–Crippen LogP) is 2.65. The van der Waals surface area contributed by atoms with Crippen LogP contribution in [0.5, 0.6) is 11.5 Å². The van der Waals surface area contributed by atoms with E-state index in [1.54, 1.807) is 37.3 Å². The molecule has 30 heavy (non-hydrogen) atoms. The second-order valence-corrected chi connectivity index (χ2v) is 8.15. The summed E-state index contributed by atoms with van der Waals surface area (Å²) in [6, 6.07) is 11.0. The van der Waals surface area contributed by atoms with Crippen LogP contribution in [0, 0.1) is 0 Å². The Morgan fingerprint density at radius 2 is 1.97 bits per heavy atom. The molecule has 0 bridgehead atoms. The van der Waals surface area contributed by atoms with Crippen LogP contribution in [0.15, 0.2) is 46.9 Å². The van der Waals surface area contributed by atoms with Gasteiger partial charge in [-0.1, -0.05) is 40.2 Å². The molecule has 0 radical (unpaired) electrons. The lowest BCUT2D eigenvalue weighted by Crippen LogP contribution is -2.49. The maximum atomic E-state index is 13.1. The molecule has 8 nitrogen and oxygen atoms in total. The molecular formula is C21H20BrN3O5. The number of fused-ring (bicyclic) bond motifs is 1. The summed E-state index contributed by atoms with van der Waals surface area (Å²) in [7, 11) is 0. The largest absolute Gasteiger partial charge is 0.454 e. The minimum Gasteiger partial charge on any atom is -0.454 e. The van der Waals surface area contributed by atoms with E-state index in [0.29, 0.717) is 21.5 Å². The van der Waals surface area contributed by atoms with Crippen molar-refractivity contribution < 1.29 is 23.9 Å². The number of rotatable bonds is 5. The zero-order valence-corrected chi connectivity index (χ0v) is 18.0. The molecule has 2 atom stereocenters. The minimum absolute atomic E-state index is 0.171. The summed E-state index contributed by atoms with van der Waals surface area (Å²) in [6.45, 7) is 3.55. The Bertz CT molecular complexity index is 1040. The van der Waals surface area contributed by atoms with Crippen LogP contribution >= 0.6 is 15.9 Å². The van der Waals surface area contributed by atoms with E-state index in [1.807, 2.05) is 12.1 Å². The van der Waals surface area contributed by atoms with Gasteiger partial charge in [-0.25, -0.2) is 9.69 Å². The highest BCUT2D eigenvalue weighted by Gasteiger charge is 2.52. The Balaban J connectivity index is 1.46. The smallest absolute Gasteiger partial charge is 0.326 e. The van der Waals surface area contributed by atoms with Gasteiger partial charge in [0.1, 0.15) is 11.6 Å². The van der Waals surface area contributed by atoms with Gasteiger partial charge in [-0.05, 0) is 37.6 Å². The van der Waals surface area contributed by atoms with Gasteiger partial charge in [0, 0.05) is 16.6 Å². The summed E-state index contributed by atoms with van der Waals surface area (Å²) < 4.78 is 11.3. The summed E-state index contributed by atoms with van der Waals surface area (Å²) in [5.74, 6) is 0.356. The molecule has 0 aliphatic carbocycles. The average molecular weight is 474 g/mol. The molecule has 156 valence electrons. The highest BCUT2D eigenvalue weighted by Crippen LogP contribution is 2.35. The summed E-state index contributed by atoms with van der Waals surface area (Å²) in [5, 5.41) is 5.49. The predicted molar refractivity (Wildman–Crippen MR) is 111 cm³/mol. The van der Waals surface area contributed by atoms with Crippen LogP contribution in [0.25, 0.3) is 0 Å². The van der Waals surface area contributed by atoms with Crippen molar-refractivity contribution in [1.82, 2.24) is 15.5 Å². The summed E-state index contributed by atoms with van der Waals surface area (Å²) in [5.41, 5.74) is 0.178. The SMILES string of the molecule is C[C@@H](C(=O)NCc1ccc2c(c1)OCO2)N1C(=O)N[C@@](C)(c2ccccc2Br)C1=O. The van der Waals surface area contributed by atoms with E-state index >= 15 is 0 Å². The molecule has 0 unspecified atom stereocenters. The Hall–Kier alpha value is -3.07. The van der Waals surface area contributed by atoms with E-state index in [-0.39, 0.29) is 13.3 Å². The standard InChI is InChI=1S/C21H20BrN3O5/c1-12(18(26)23-10-13-7-8-16-17(9-13)30-11-29-16)25-19(27)21(2,24-20(25)28)14-5-3-4-6-15(14)22/h3-9,12H,10-11H2,1-2H3,(H,23,26)(H,24,28)/t12-,21-/m0/s1. The molecule has 1 fully saturated rings. The second-order valence-electron chi connectivity index (χ2n) is 7.29. The number of ether oxygens (including phenoxy) is 2. The van der Waals surface area contributed by atoms with E-state index in [2.05, 4.69) is 26.6 Å². The third-order valence-corrected chi connectivity index (χ3v) is 6.00. The zero-order valence-electron chi connectivity index (χ0n) is 16.4. The molecule has 4 amide bonds. The van der Waals surface area contributed by atoms with Crippen LogP contribution in [0.2, 0.25) is 0 Å². The fourth-order valence-electron chi connectivity index (χ4n) is 3.57. The number of amides is 4. The number of halogens is 1. The first kappa shape index (κ1) is 20.2. The van der Waals surface area contributed by atoms with Crippen molar-refractivity contribution in [3.8, 4) is 11.5 Å². The molecule has 2 aliphatic rings. The normalized spacial score (nSPS) is 20.8. The van der Waals surface area contributed by atoms with Crippen LogP contribution in [0.4, 0.5) is 4.79 Å². The van der Waals surface area contributed by atoms with Crippen molar-refractivity contribution in [1.29, 1.82) is 0 Å². The van der Waals surface area contributed by atoms with Gasteiger partial charge < -0.3 is 20.1 Å². The molecule has 2 aromatic rings. The van der Waals surface area contributed by atoms with Crippen molar-refractivity contribution in [2.45, 2.75) is 32.0 Å². The van der Waals surface area contributed by atoms with Crippen molar-refractivity contribution in [2.75, 3.05) is 6.79 Å². The van der Waals surface area contributed by atoms with Gasteiger partial charge in [0.15, 0.2) is 11.5 Å². The highest BCUT2D eigenvalue weighted by molar-refractivity contribution is 9.10. The second kappa shape index (κ2) is 7.64. The Kier molecular flexibility index (Phi) is 5.15. The van der Waals surface area contributed by atoms with Gasteiger partial charge in [-0.2, -0.15) is 0 Å². The summed E-state index contributed by atoms with van der Waals surface area (Å²) in [6.07, 6.45) is 0. The van der Waals surface area contributed by atoms with E-state index in [0.717, 1.165) is 10.5 Å². The third kappa shape index (κ3) is 3.39. The first-order valence-corrected chi connectivity index (χ1v) is 10.2. The summed E-state index contributed by atoms with van der Waals surface area (Å²) in [4.78, 5) is 39.4. The van der Waals surface area contributed by atoms with Crippen LogP contribution in [0.3, 0.4) is 0 Å². The van der Waals surface area contributed by atoms with Crippen molar-refractivity contribution >= 4 is 33.8 Å². The molecule has 2 N–H and O–H groups in total. The van der Waals surface area contributed by atoms with Gasteiger partial charge >= 0.3 is 6.03 Å². The molecule has 4 rings (SSSR count). The zero-order chi connectivity index (χ0) is 21.5. The number of carbonyl (C=O) groups is 3. The first-order valence-electron chi connectivity index (χ1n) is 9.38.